The van der Waals surface area contributed by atoms with Crippen molar-refractivity contribution < 1.29 is 23.4 Å². The summed E-state index contributed by atoms with van der Waals surface area (Å²) in [7, 11) is 1.45. The number of benzene rings is 1. The zero-order valence-electron chi connectivity index (χ0n) is 15.1. The number of carbonyl (C=O) groups is 1. The van der Waals surface area contributed by atoms with Gasteiger partial charge < -0.3 is 19.9 Å². The van der Waals surface area contributed by atoms with E-state index in [0.29, 0.717) is 42.0 Å². The van der Waals surface area contributed by atoms with Crippen molar-refractivity contribution in [3.05, 3.63) is 48.0 Å². The lowest BCUT2D eigenvalue weighted by atomic mass is 9.71. The maximum atomic E-state index is 14.5. The highest BCUT2D eigenvalue weighted by Crippen LogP contribution is 2.46. The molecule has 140 valence electrons. The molecule has 5 nitrogen and oxygen atoms in total. The van der Waals surface area contributed by atoms with Crippen molar-refractivity contribution in [2.45, 2.75) is 31.8 Å². The summed E-state index contributed by atoms with van der Waals surface area (Å²) in [6.07, 6.45) is 4.73. The summed E-state index contributed by atoms with van der Waals surface area (Å²) in [5, 5.41) is 0. The Morgan fingerprint density at radius 3 is 3.00 bits per heavy atom. The van der Waals surface area contributed by atoms with E-state index in [-0.39, 0.29) is 30.2 Å². The summed E-state index contributed by atoms with van der Waals surface area (Å²) in [4.78, 5) is 12.3. The molecule has 1 aliphatic carbocycles. The first-order chi connectivity index (χ1) is 12.4. The molecule has 1 saturated heterocycles. The average Bonchev–Trinajstić information content (AvgIpc) is 3.02. The number of nitrogen functional groups attached to an aromatic ring is 1. The molecule has 6 heteroatoms. The Morgan fingerprint density at radius 1 is 1.54 bits per heavy atom. The van der Waals surface area contributed by atoms with Crippen LogP contribution in [-0.2, 0) is 20.7 Å². The lowest BCUT2D eigenvalue weighted by Gasteiger charge is -2.38. The molecule has 0 bridgehead atoms. The number of ketones is 1. The van der Waals surface area contributed by atoms with E-state index in [0.717, 1.165) is 0 Å². The molecule has 1 aromatic rings. The number of fused-ring (bicyclic) bond motifs is 1. The molecule has 0 amide bonds. The Balaban J connectivity index is 1.89. The van der Waals surface area contributed by atoms with Gasteiger partial charge in [0.05, 0.1) is 12.8 Å². The van der Waals surface area contributed by atoms with Gasteiger partial charge in [0.2, 0.25) is 0 Å². The highest BCUT2D eigenvalue weighted by atomic mass is 19.1. The summed E-state index contributed by atoms with van der Waals surface area (Å²) in [6, 6.07) is 2.89. The van der Waals surface area contributed by atoms with Gasteiger partial charge in [-0.2, -0.15) is 0 Å². The zero-order valence-corrected chi connectivity index (χ0v) is 15.1. The molecule has 2 N–H and O–H groups in total. The predicted molar refractivity (Wildman–Crippen MR) is 96.0 cm³/mol. The van der Waals surface area contributed by atoms with E-state index in [1.165, 1.54) is 19.3 Å². The van der Waals surface area contributed by atoms with Crippen molar-refractivity contribution in [3.63, 3.8) is 0 Å². The van der Waals surface area contributed by atoms with Gasteiger partial charge in [0, 0.05) is 18.1 Å². The Morgan fingerprint density at radius 2 is 2.31 bits per heavy atom. The monoisotopic (exact) mass is 361 g/mol. The molecule has 0 radical (unpaired) electrons. The molecular formula is C20H24FNO4. The normalized spacial score (nSPS) is 25.9. The van der Waals surface area contributed by atoms with Crippen LogP contribution in [0.1, 0.15) is 25.3 Å². The number of ether oxygens (including phenoxy) is 3. The molecule has 26 heavy (non-hydrogen) atoms. The molecule has 3 rings (SSSR count). The summed E-state index contributed by atoms with van der Waals surface area (Å²) in [5.41, 5.74) is 6.06. The van der Waals surface area contributed by atoms with Gasteiger partial charge in [-0.25, -0.2) is 4.39 Å². The van der Waals surface area contributed by atoms with Gasteiger partial charge in [-0.05, 0) is 36.8 Å². The minimum absolute atomic E-state index is 0.0214. The van der Waals surface area contributed by atoms with Crippen molar-refractivity contribution in [3.8, 4) is 5.75 Å². The van der Waals surface area contributed by atoms with Crippen molar-refractivity contribution >= 4 is 11.5 Å². The number of hydrogen-bond acceptors (Lipinski definition) is 5. The number of nitrogens with two attached hydrogens (primary N) is 1. The lowest BCUT2D eigenvalue weighted by molar-refractivity contribution is -0.123. The van der Waals surface area contributed by atoms with Crippen molar-refractivity contribution in [1.82, 2.24) is 0 Å². The van der Waals surface area contributed by atoms with Crippen LogP contribution in [0.4, 0.5) is 10.1 Å². The summed E-state index contributed by atoms with van der Waals surface area (Å²) in [5.74, 6) is 0.182. The van der Waals surface area contributed by atoms with Crippen LogP contribution in [-0.4, -0.2) is 25.3 Å². The standard InChI is InChI=1S/C20H24FNO4/c1-4-5-13-10-20(19(9-17(13)23)25-11-26-20)12(2)6-14-7-16(22)18(24-3)8-15(14)21/h4,7-9,12-13H,1,5-6,10-11,22H2,2-3H3/t12?,13?,20-/m1/s1. The van der Waals surface area contributed by atoms with Gasteiger partial charge in [-0.15, -0.1) is 6.58 Å². The fourth-order valence-corrected chi connectivity index (χ4v) is 3.86. The van der Waals surface area contributed by atoms with Crippen molar-refractivity contribution in [2.75, 3.05) is 19.6 Å². The van der Waals surface area contributed by atoms with Crippen LogP contribution < -0.4 is 10.5 Å². The van der Waals surface area contributed by atoms with Crippen molar-refractivity contribution in [2.24, 2.45) is 11.8 Å². The molecule has 3 atom stereocenters. The third-order valence-corrected chi connectivity index (χ3v) is 5.35. The fourth-order valence-electron chi connectivity index (χ4n) is 3.86. The second-order valence-electron chi connectivity index (χ2n) is 6.92. The maximum absolute atomic E-state index is 14.5. The minimum atomic E-state index is -0.733. The zero-order chi connectivity index (χ0) is 18.9. The number of carbonyl (C=O) groups excluding carboxylic acids is 1. The van der Waals surface area contributed by atoms with Crippen LogP contribution in [0.5, 0.6) is 5.75 Å². The quantitative estimate of drug-likeness (QED) is 0.621. The Labute approximate surface area is 152 Å². The highest BCUT2D eigenvalue weighted by Gasteiger charge is 2.51. The molecule has 2 unspecified atom stereocenters. The number of rotatable bonds is 6. The first-order valence-electron chi connectivity index (χ1n) is 8.66. The van der Waals surface area contributed by atoms with Gasteiger partial charge in [-0.3, -0.25) is 4.79 Å². The molecule has 0 spiro atoms. The van der Waals surface area contributed by atoms with Gasteiger partial charge in [0.25, 0.3) is 0 Å². The Kier molecular flexibility index (Phi) is 5.05. The highest BCUT2D eigenvalue weighted by molar-refractivity contribution is 5.93. The smallest absolute Gasteiger partial charge is 0.189 e. The van der Waals surface area contributed by atoms with E-state index >= 15 is 0 Å². The van der Waals surface area contributed by atoms with E-state index < -0.39 is 5.60 Å². The number of methoxy groups -OCH3 is 1. The van der Waals surface area contributed by atoms with E-state index in [1.54, 1.807) is 12.1 Å². The first-order valence-corrected chi connectivity index (χ1v) is 8.66. The van der Waals surface area contributed by atoms with Crippen LogP contribution in [0.15, 0.2) is 36.6 Å². The minimum Gasteiger partial charge on any atom is -0.494 e. The second kappa shape index (κ2) is 7.11. The average molecular weight is 361 g/mol. The number of anilines is 1. The lowest BCUT2D eigenvalue weighted by Crippen LogP contribution is -2.45. The topological polar surface area (TPSA) is 70.8 Å². The molecule has 1 fully saturated rings. The Hall–Kier alpha value is -2.34. The molecule has 0 saturated carbocycles. The Bertz CT molecular complexity index is 760. The third kappa shape index (κ3) is 3.09. The van der Waals surface area contributed by atoms with Gasteiger partial charge in [0.1, 0.15) is 22.9 Å². The van der Waals surface area contributed by atoms with E-state index in [1.807, 2.05) is 6.92 Å². The van der Waals surface area contributed by atoms with E-state index in [4.69, 9.17) is 19.9 Å². The van der Waals surface area contributed by atoms with Crippen LogP contribution in [0.3, 0.4) is 0 Å². The van der Waals surface area contributed by atoms with Gasteiger partial charge in [0.15, 0.2) is 12.6 Å². The molecule has 1 aliphatic heterocycles. The van der Waals surface area contributed by atoms with E-state index in [9.17, 15) is 9.18 Å². The summed E-state index contributed by atoms with van der Waals surface area (Å²) >= 11 is 0. The number of hydrogen-bond donors (Lipinski definition) is 1. The largest absolute Gasteiger partial charge is 0.494 e. The van der Waals surface area contributed by atoms with Crippen molar-refractivity contribution in [1.29, 1.82) is 0 Å². The first kappa shape index (κ1) is 18.5. The molecule has 1 aromatic carbocycles. The second-order valence-corrected chi connectivity index (χ2v) is 6.92. The van der Waals surface area contributed by atoms with Crippen LogP contribution in [0.2, 0.25) is 0 Å². The fraction of sp³-hybridized carbons (Fsp3) is 0.450. The summed E-state index contributed by atoms with van der Waals surface area (Å²) in [6.45, 7) is 5.80. The van der Waals surface area contributed by atoms with Crippen LogP contribution in [0.25, 0.3) is 0 Å². The SMILES string of the molecule is C=CCC1C[C@]2(C(C)Cc3cc(N)c(OC)cc3F)OCOC2=CC1=O. The number of halogens is 1. The molecule has 0 aromatic heterocycles. The molecular weight excluding hydrogens is 337 g/mol. The van der Waals surface area contributed by atoms with Crippen LogP contribution in [0, 0.1) is 17.7 Å². The van der Waals surface area contributed by atoms with Gasteiger partial charge >= 0.3 is 0 Å². The third-order valence-electron chi connectivity index (χ3n) is 5.35. The molecule has 2 aliphatic rings. The van der Waals surface area contributed by atoms with Crippen LogP contribution >= 0.6 is 0 Å². The number of allylic oxidation sites excluding steroid dienone is 2. The van der Waals surface area contributed by atoms with Gasteiger partial charge in [-0.1, -0.05) is 13.0 Å². The predicted octanol–water partition coefficient (Wildman–Crippen LogP) is 3.39. The summed E-state index contributed by atoms with van der Waals surface area (Å²) < 4.78 is 31.0. The van der Waals surface area contributed by atoms with E-state index in [2.05, 4.69) is 6.58 Å². The molecule has 1 heterocycles. The maximum Gasteiger partial charge on any atom is 0.189 e.